The first-order valence-corrected chi connectivity index (χ1v) is 6.18. The van der Waals surface area contributed by atoms with E-state index < -0.39 is 0 Å². The van der Waals surface area contributed by atoms with Gasteiger partial charge in [0.25, 0.3) is 0 Å². The summed E-state index contributed by atoms with van der Waals surface area (Å²) in [6.07, 6.45) is 4.28. The van der Waals surface area contributed by atoms with Crippen molar-refractivity contribution in [2.45, 2.75) is 12.8 Å². The average molecular weight is 240 g/mol. The Morgan fingerprint density at radius 2 is 2.44 bits per heavy atom. The van der Waals surface area contributed by atoms with Gasteiger partial charge in [0.15, 0.2) is 0 Å². The van der Waals surface area contributed by atoms with Gasteiger partial charge in [0, 0.05) is 19.3 Å². The van der Waals surface area contributed by atoms with Crippen LogP contribution < -0.4 is 10.2 Å². The maximum absolute atomic E-state index is 5.84. The molecule has 16 heavy (non-hydrogen) atoms. The largest absolute Gasteiger partial charge is 0.356 e. The summed E-state index contributed by atoms with van der Waals surface area (Å²) in [6.45, 7) is 3.29. The zero-order valence-corrected chi connectivity index (χ0v) is 10.4. The van der Waals surface area contributed by atoms with Crippen LogP contribution in [0.25, 0.3) is 0 Å². The highest BCUT2D eigenvalue weighted by Crippen LogP contribution is 2.21. The van der Waals surface area contributed by atoms with Gasteiger partial charge < -0.3 is 10.2 Å². The van der Waals surface area contributed by atoms with Gasteiger partial charge in [-0.25, -0.2) is 4.98 Å². The molecule has 0 saturated carbocycles. The molecule has 88 valence electrons. The van der Waals surface area contributed by atoms with Crippen LogP contribution in [0.5, 0.6) is 0 Å². The highest BCUT2D eigenvalue weighted by atomic mass is 35.5. The maximum atomic E-state index is 5.84. The van der Waals surface area contributed by atoms with Crippen molar-refractivity contribution in [3.63, 3.8) is 0 Å². The third-order valence-electron chi connectivity index (χ3n) is 3.05. The molecule has 4 heteroatoms. The second-order valence-corrected chi connectivity index (χ2v) is 4.78. The second-order valence-electron chi connectivity index (χ2n) is 4.35. The van der Waals surface area contributed by atoms with Crippen molar-refractivity contribution >= 4 is 17.4 Å². The lowest BCUT2D eigenvalue weighted by molar-refractivity contribution is 0.401. The number of nitrogens with one attached hydrogen (secondary N) is 1. The van der Waals surface area contributed by atoms with Crippen molar-refractivity contribution in [2.75, 3.05) is 31.6 Å². The van der Waals surface area contributed by atoms with Gasteiger partial charge >= 0.3 is 0 Å². The first-order valence-electron chi connectivity index (χ1n) is 5.80. The van der Waals surface area contributed by atoms with Crippen molar-refractivity contribution in [1.29, 1.82) is 0 Å². The van der Waals surface area contributed by atoms with E-state index >= 15 is 0 Å². The Morgan fingerprint density at radius 1 is 1.56 bits per heavy atom. The van der Waals surface area contributed by atoms with Gasteiger partial charge in [-0.3, -0.25) is 0 Å². The van der Waals surface area contributed by atoms with Crippen molar-refractivity contribution < 1.29 is 0 Å². The van der Waals surface area contributed by atoms with Gasteiger partial charge in [-0.1, -0.05) is 11.6 Å². The second kappa shape index (κ2) is 5.51. The van der Waals surface area contributed by atoms with Crippen LogP contribution in [0.3, 0.4) is 0 Å². The lowest BCUT2D eigenvalue weighted by atomic mass is 9.98. The van der Waals surface area contributed by atoms with Crippen LogP contribution in [0.4, 0.5) is 5.82 Å². The summed E-state index contributed by atoms with van der Waals surface area (Å²) in [5.74, 6) is 1.78. The van der Waals surface area contributed by atoms with E-state index in [0.717, 1.165) is 31.4 Å². The minimum Gasteiger partial charge on any atom is -0.356 e. The molecule has 1 unspecified atom stereocenters. The number of halogens is 1. The van der Waals surface area contributed by atoms with E-state index in [1.54, 1.807) is 6.20 Å². The van der Waals surface area contributed by atoms with Gasteiger partial charge in [-0.05, 0) is 44.5 Å². The molecule has 1 aromatic heterocycles. The van der Waals surface area contributed by atoms with Crippen molar-refractivity contribution in [3.8, 4) is 0 Å². The van der Waals surface area contributed by atoms with E-state index in [-0.39, 0.29) is 0 Å². The van der Waals surface area contributed by atoms with Crippen LogP contribution in [-0.4, -0.2) is 31.7 Å². The fourth-order valence-electron chi connectivity index (χ4n) is 2.28. The summed E-state index contributed by atoms with van der Waals surface area (Å²) in [5.41, 5.74) is 0. The molecule has 0 spiro atoms. The normalized spacial score (nSPS) is 21.1. The number of hydrogen-bond donors (Lipinski definition) is 1. The lowest BCUT2D eigenvalue weighted by Crippen LogP contribution is -2.39. The molecule has 0 amide bonds. The summed E-state index contributed by atoms with van der Waals surface area (Å²) in [4.78, 5) is 6.72. The van der Waals surface area contributed by atoms with Gasteiger partial charge in [0.2, 0.25) is 0 Å². The van der Waals surface area contributed by atoms with Crippen molar-refractivity contribution in [2.24, 2.45) is 5.92 Å². The monoisotopic (exact) mass is 239 g/mol. The highest BCUT2D eigenvalue weighted by molar-refractivity contribution is 6.30. The van der Waals surface area contributed by atoms with Gasteiger partial charge in [0.05, 0.1) is 5.02 Å². The molecule has 0 aromatic carbocycles. The van der Waals surface area contributed by atoms with E-state index in [2.05, 4.69) is 15.2 Å². The number of nitrogens with zero attached hydrogens (tertiary/aromatic N) is 2. The Morgan fingerprint density at radius 3 is 3.12 bits per heavy atom. The molecular weight excluding hydrogens is 222 g/mol. The van der Waals surface area contributed by atoms with E-state index in [9.17, 15) is 0 Å². The molecule has 2 rings (SSSR count). The molecule has 1 fully saturated rings. The average Bonchev–Trinajstić information content (AvgIpc) is 2.31. The fourth-order valence-corrected chi connectivity index (χ4v) is 2.40. The first kappa shape index (κ1) is 11.7. The fraction of sp³-hybridized carbons (Fsp3) is 0.583. The SMILES string of the molecule is CNCC1CCCN(c2ccc(Cl)cn2)C1. The smallest absolute Gasteiger partial charge is 0.128 e. The molecule has 3 nitrogen and oxygen atoms in total. The summed E-state index contributed by atoms with van der Waals surface area (Å²) < 4.78 is 0. The molecule has 1 atom stereocenters. The number of rotatable bonds is 3. The Balaban J connectivity index is 2.01. The Kier molecular flexibility index (Phi) is 4.02. The highest BCUT2D eigenvalue weighted by Gasteiger charge is 2.19. The molecule has 1 N–H and O–H groups in total. The third-order valence-corrected chi connectivity index (χ3v) is 3.27. The number of pyridine rings is 1. The number of aromatic nitrogens is 1. The van der Waals surface area contributed by atoms with E-state index in [1.165, 1.54) is 12.8 Å². The summed E-state index contributed by atoms with van der Waals surface area (Å²) in [5, 5.41) is 3.95. The maximum Gasteiger partial charge on any atom is 0.128 e. The topological polar surface area (TPSA) is 28.2 Å². The summed E-state index contributed by atoms with van der Waals surface area (Å²) >= 11 is 5.84. The number of hydrogen-bond acceptors (Lipinski definition) is 3. The van der Waals surface area contributed by atoms with E-state index in [4.69, 9.17) is 11.6 Å². The van der Waals surface area contributed by atoms with Gasteiger partial charge in [-0.2, -0.15) is 0 Å². The van der Waals surface area contributed by atoms with Crippen LogP contribution in [0.15, 0.2) is 18.3 Å². The molecular formula is C12H18ClN3. The van der Waals surface area contributed by atoms with Crippen molar-refractivity contribution in [1.82, 2.24) is 10.3 Å². The van der Waals surface area contributed by atoms with Crippen LogP contribution in [0.2, 0.25) is 5.02 Å². The number of anilines is 1. The molecule has 2 heterocycles. The molecule has 0 bridgehead atoms. The zero-order valence-electron chi connectivity index (χ0n) is 9.62. The van der Waals surface area contributed by atoms with E-state index in [0.29, 0.717) is 5.02 Å². The standard InChI is InChI=1S/C12H18ClN3/c1-14-7-10-3-2-6-16(9-10)12-5-4-11(13)8-15-12/h4-5,8,10,14H,2-3,6-7,9H2,1H3. The van der Waals surface area contributed by atoms with Gasteiger partial charge in [0.1, 0.15) is 5.82 Å². The quantitative estimate of drug-likeness (QED) is 0.877. The molecule has 1 aliphatic heterocycles. The Hall–Kier alpha value is -0.800. The molecule has 0 radical (unpaired) electrons. The molecule has 0 aliphatic carbocycles. The summed E-state index contributed by atoms with van der Waals surface area (Å²) in [7, 11) is 2.01. The molecule has 1 aliphatic rings. The van der Waals surface area contributed by atoms with Crippen LogP contribution in [0.1, 0.15) is 12.8 Å². The van der Waals surface area contributed by atoms with Crippen LogP contribution >= 0.6 is 11.6 Å². The Labute approximate surface area is 102 Å². The van der Waals surface area contributed by atoms with Crippen LogP contribution in [-0.2, 0) is 0 Å². The Bertz CT molecular complexity index is 324. The van der Waals surface area contributed by atoms with Crippen molar-refractivity contribution in [3.05, 3.63) is 23.4 Å². The molecule has 1 saturated heterocycles. The predicted molar refractivity (Wildman–Crippen MR) is 68.1 cm³/mol. The molecule has 1 aromatic rings. The van der Waals surface area contributed by atoms with E-state index in [1.807, 2.05) is 19.2 Å². The lowest BCUT2D eigenvalue weighted by Gasteiger charge is -2.33. The minimum absolute atomic E-state index is 0.701. The summed E-state index contributed by atoms with van der Waals surface area (Å²) in [6, 6.07) is 3.91. The predicted octanol–water partition coefficient (Wildman–Crippen LogP) is 2.17. The first-order chi connectivity index (χ1) is 7.79. The van der Waals surface area contributed by atoms with Crippen LogP contribution in [0, 0.1) is 5.92 Å². The minimum atomic E-state index is 0.701. The zero-order chi connectivity index (χ0) is 11.4. The number of piperidine rings is 1. The third kappa shape index (κ3) is 2.86. The van der Waals surface area contributed by atoms with Gasteiger partial charge in [-0.15, -0.1) is 0 Å².